The maximum Gasteiger partial charge on any atom is 0.153 e. The van der Waals surface area contributed by atoms with Crippen molar-refractivity contribution in [2.75, 3.05) is 5.32 Å². The predicted molar refractivity (Wildman–Crippen MR) is 60.9 cm³/mol. The summed E-state index contributed by atoms with van der Waals surface area (Å²) in [6, 6.07) is 3.67. The highest BCUT2D eigenvalue weighted by Gasteiger charge is 2.25. The first-order valence-corrected chi connectivity index (χ1v) is 5.49. The highest BCUT2D eigenvalue weighted by atomic mass is 35.5. The Morgan fingerprint density at radius 2 is 2.12 bits per heavy atom. The number of rotatable bonds is 3. The van der Waals surface area contributed by atoms with Crippen LogP contribution in [0.2, 0.25) is 5.15 Å². The molecule has 2 heterocycles. The number of nitrogens with zero attached hydrogens (tertiary/aromatic N) is 3. The van der Waals surface area contributed by atoms with Crippen molar-refractivity contribution >= 4 is 23.2 Å². The Balaban J connectivity index is 1.77. The minimum atomic E-state index is 0.412. The molecule has 6 heteroatoms. The lowest BCUT2D eigenvalue weighted by molar-refractivity contribution is 0.966. The van der Waals surface area contributed by atoms with Crippen molar-refractivity contribution < 1.29 is 0 Å². The molecule has 82 valence electrons. The lowest BCUT2D eigenvalue weighted by Gasteiger charge is -1.99. The van der Waals surface area contributed by atoms with E-state index in [1.807, 2.05) is 6.07 Å². The normalized spacial score (nSPS) is 15.1. The van der Waals surface area contributed by atoms with Gasteiger partial charge in [-0.15, -0.1) is 0 Å². The van der Waals surface area contributed by atoms with Crippen LogP contribution in [0, 0.1) is 0 Å². The van der Waals surface area contributed by atoms with E-state index < -0.39 is 0 Å². The summed E-state index contributed by atoms with van der Waals surface area (Å²) < 4.78 is 0. The molecule has 0 aliphatic heterocycles. The Morgan fingerprint density at radius 1 is 1.25 bits per heavy atom. The van der Waals surface area contributed by atoms with Gasteiger partial charge in [0, 0.05) is 23.7 Å². The molecule has 0 unspecified atom stereocenters. The number of H-pyrrole nitrogens is 1. The molecule has 5 nitrogen and oxygen atoms in total. The molecule has 1 fully saturated rings. The van der Waals surface area contributed by atoms with Gasteiger partial charge in [0.05, 0.1) is 0 Å². The highest BCUT2D eigenvalue weighted by Crippen LogP contribution is 2.39. The van der Waals surface area contributed by atoms with Crippen LogP contribution in [-0.2, 0) is 0 Å². The number of hydrogen-bond acceptors (Lipinski definition) is 4. The summed E-state index contributed by atoms with van der Waals surface area (Å²) in [4.78, 5) is 7.86. The molecule has 0 aromatic carbocycles. The maximum atomic E-state index is 5.76. The van der Waals surface area contributed by atoms with Crippen LogP contribution < -0.4 is 5.32 Å². The molecule has 1 aliphatic carbocycles. The quantitative estimate of drug-likeness (QED) is 0.802. The first-order chi connectivity index (χ1) is 7.81. The Hall–Kier alpha value is -1.62. The molecule has 0 atom stereocenters. The Bertz CT molecular complexity index is 505. The fourth-order valence-corrected chi connectivity index (χ4v) is 1.68. The van der Waals surface area contributed by atoms with Crippen LogP contribution in [0.25, 0.3) is 0 Å². The van der Waals surface area contributed by atoms with Gasteiger partial charge in [0.25, 0.3) is 0 Å². The fraction of sp³-hybridized carbons (Fsp3) is 0.300. The fourth-order valence-electron chi connectivity index (χ4n) is 1.54. The summed E-state index contributed by atoms with van der Waals surface area (Å²) in [6.45, 7) is 0. The summed E-state index contributed by atoms with van der Waals surface area (Å²) >= 11 is 5.76. The molecule has 3 rings (SSSR count). The molecular weight excluding hydrogens is 226 g/mol. The van der Waals surface area contributed by atoms with Gasteiger partial charge in [-0.05, 0) is 12.8 Å². The second kappa shape index (κ2) is 3.75. The molecule has 0 saturated heterocycles. The number of halogens is 1. The van der Waals surface area contributed by atoms with E-state index in [9.17, 15) is 0 Å². The van der Waals surface area contributed by atoms with Gasteiger partial charge >= 0.3 is 0 Å². The number of aromatic amines is 1. The molecule has 0 amide bonds. The molecule has 1 saturated carbocycles. The monoisotopic (exact) mass is 235 g/mol. The number of anilines is 2. The number of hydrogen-bond donors (Lipinski definition) is 2. The zero-order valence-electron chi connectivity index (χ0n) is 8.44. The van der Waals surface area contributed by atoms with Crippen molar-refractivity contribution in [3.8, 4) is 0 Å². The van der Waals surface area contributed by atoms with Gasteiger partial charge in [-0.25, -0.2) is 9.97 Å². The average molecular weight is 236 g/mol. The van der Waals surface area contributed by atoms with Crippen molar-refractivity contribution in [1.29, 1.82) is 0 Å². The largest absolute Gasteiger partial charge is 0.323 e. The molecule has 0 spiro atoms. The van der Waals surface area contributed by atoms with Crippen LogP contribution in [0.4, 0.5) is 11.6 Å². The van der Waals surface area contributed by atoms with Gasteiger partial charge in [-0.3, -0.25) is 5.10 Å². The standard InChI is InChI=1S/C10H10ClN5/c11-8-4-9(13-5-12-8)14-10-3-7(15-16-10)6-1-2-6/h3-6H,1-2H2,(H2,12,13,14,15,16). The molecule has 16 heavy (non-hydrogen) atoms. The van der Waals surface area contributed by atoms with Crippen molar-refractivity contribution in [1.82, 2.24) is 20.2 Å². The van der Waals surface area contributed by atoms with Gasteiger partial charge in [0.2, 0.25) is 0 Å². The summed E-state index contributed by atoms with van der Waals surface area (Å²) in [5, 5.41) is 10.7. The van der Waals surface area contributed by atoms with E-state index in [2.05, 4.69) is 25.5 Å². The minimum absolute atomic E-state index is 0.412. The van der Waals surface area contributed by atoms with Gasteiger partial charge in [-0.2, -0.15) is 5.10 Å². The molecule has 2 aromatic heterocycles. The van der Waals surface area contributed by atoms with E-state index >= 15 is 0 Å². The van der Waals surface area contributed by atoms with E-state index in [4.69, 9.17) is 11.6 Å². The lowest BCUT2D eigenvalue weighted by atomic mass is 10.3. The maximum absolute atomic E-state index is 5.76. The van der Waals surface area contributed by atoms with Crippen LogP contribution in [-0.4, -0.2) is 20.2 Å². The van der Waals surface area contributed by atoms with E-state index in [1.54, 1.807) is 6.07 Å². The molecule has 1 aliphatic rings. The average Bonchev–Trinajstić information content (AvgIpc) is 3.01. The van der Waals surface area contributed by atoms with Crippen molar-refractivity contribution in [3.05, 3.63) is 29.3 Å². The number of nitrogens with one attached hydrogen (secondary N) is 2. The second-order valence-electron chi connectivity index (χ2n) is 3.83. The van der Waals surface area contributed by atoms with Gasteiger partial charge < -0.3 is 5.32 Å². The molecule has 0 bridgehead atoms. The van der Waals surface area contributed by atoms with Gasteiger partial charge in [-0.1, -0.05) is 11.6 Å². The van der Waals surface area contributed by atoms with Crippen LogP contribution in [0.5, 0.6) is 0 Å². The predicted octanol–water partition coefficient (Wildman–Crippen LogP) is 2.47. The van der Waals surface area contributed by atoms with E-state index in [0.717, 1.165) is 5.82 Å². The summed E-state index contributed by atoms with van der Waals surface area (Å²) in [5.74, 6) is 2.07. The molecule has 2 aromatic rings. The Labute approximate surface area is 97.3 Å². The van der Waals surface area contributed by atoms with Crippen LogP contribution in [0.3, 0.4) is 0 Å². The highest BCUT2D eigenvalue weighted by molar-refractivity contribution is 6.29. The Morgan fingerprint density at radius 3 is 2.88 bits per heavy atom. The first-order valence-electron chi connectivity index (χ1n) is 5.11. The summed E-state index contributed by atoms with van der Waals surface area (Å²) in [6.07, 6.45) is 3.92. The topological polar surface area (TPSA) is 66.5 Å². The number of aromatic nitrogens is 4. The van der Waals surface area contributed by atoms with Gasteiger partial charge in [0.1, 0.15) is 17.3 Å². The smallest absolute Gasteiger partial charge is 0.153 e. The first kappa shape index (κ1) is 9.59. The van der Waals surface area contributed by atoms with Crippen molar-refractivity contribution in [3.63, 3.8) is 0 Å². The zero-order valence-corrected chi connectivity index (χ0v) is 9.20. The van der Waals surface area contributed by atoms with E-state index in [1.165, 1.54) is 24.9 Å². The third-order valence-corrected chi connectivity index (χ3v) is 2.71. The van der Waals surface area contributed by atoms with Crippen LogP contribution in [0.15, 0.2) is 18.5 Å². The molecular formula is C10H10ClN5. The Kier molecular flexibility index (Phi) is 2.25. The van der Waals surface area contributed by atoms with Crippen LogP contribution >= 0.6 is 11.6 Å². The van der Waals surface area contributed by atoms with Crippen molar-refractivity contribution in [2.45, 2.75) is 18.8 Å². The summed E-state index contributed by atoms with van der Waals surface area (Å²) in [7, 11) is 0. The summed E-state index contributed by atoms with van der Waals surface area (Å²) in [5.41, 5.74) is 1.18. The van der Waals surface area contributed by atoms with Crippen molar-refractivity contribution in [2.24, 2.45) is 0 Å². The minimum Gasteiger partial charge on any atom is -0.323 e. The lowest BCUT2D eigenvalue weighted by Crippen LogP contribution is -1.94. The van der Waals surface area contributed by atoms with Gasteiger partial charge in [0.15, 0.2) is 5.82 Å². The SMILES string of the molecule is Clc1cc(Nc2cc(C3CC3)[nH]n2)ncn1. The molecule has 2 N–H and O–H groups in total. The third-order valence-electron chi connectivity index (χ3n) is 2.50. The molecule has 0 radical (unpaired) electrons. The van der Waals surface area contributed by atoms with E-state index in [0.29, 0.717) is 16.9 Å². The van der Waals surface area contributed by atoms with Crippen LogP contribution in [0.1, 0.15) is 24.5 Å². The van der Waals surface area contributed by atoms with E-state index in [-0.39, 0.29) is 0 Å². The third kappa shape index (κ3) is 1.99. The second-order valence-corrected chi connectivity index (χ2v) is 4.22. The zero-order chi connectivity index (χ0) is 11.0.